The zero-order valence-electron chi connectivity index (χ0n) is 9.65. The first-order chi connectivity index (χ1) is 7.58. The van der Waals surface area contributed by atoms with Crippen molar-refractivity contribution in [2.75, 3.05) is 0 Å². The van der Waals surface area contributed by atoms with Crippen LogP contribution in [0.2, 0.25) is 0 Å². The number of carbonyl (C=O) groups excluding carboxylic acids is 1. The second kappa shape index (κ2) is 5.66. The van der Waals surface area contributed by atoms with Gasteiger partial charge in [-0.05, 0) is 12.0 Å². The van der Waals surface area contributed by atoms with Crippen LogP contribution in [0.1, 0.15) is 38.2 Å². The molecule has 3 heteroatoms. The van der Waals surface area contributed by atoms with E-state index in [4.69, 9.17) is 5.73 Å². The van der Waals surface area contributed by atoms with Crippen molar-refractivity contribution >= 4 is 5.91 Å². The smallest absolute Gasteiger partial charge is 0.220 e. The average molecular weight is 221 g/mol. The van der Waals surface area contributed by atoms with E-state index in [1.54, 1.807) is 0 Å². The monoisotopic (exact) mass is 221 g/mol. The van der Waals surface area contributed by atoms with Crippen LogP contribution in [-0.2, 0) is 10.4 Å². The molecule has 0 aliphatic rings. The summed E-state index contributed by atoms with van der Waals surface area (Å²) < 4.78 is 0. The summed E-state index contributed by atoms with van der Waals surface area (Å²) in [6, 6.07) is 9.26. The number of aliphatic hydroxyl groups is 1. The third kappa shape index (κ3) is 3.35. The van der Waals surface area contributed by atoms with Crippen LogP contribution >= 0.6 is 0 Å². The Hall–Kier alpha value is -1.35. The Bertz CT molecular complexity index is 337. The van der Waals surface area contributed by atoms with Crippen molar-refractivity contribution < 1.29 is 9.90 Å². The number of unbranched alkanes of at least 4 members (excludes halogenated alkanes) is 1. The van der Waals surface area contributed by atoms with Crippen LogP contribution in [0.15, 0.2) is 30.3 Å². The van der Waals surface area contributed by atoms with E-state index in [0.717, 1.165) is 18.4 Å². The fourth-order valence-corrected chi connectivity index (χ4v) is 1.84. The third-order valence-electron chi connectivity index (χ3n) is 2.72. The van der Waals surface area contributed by atoms with Crippen molar-refractivity contribution in [3.05, 3.63) is 35.9 Å². The van der Waals surface area contributed by atoms with Crippen LogP contribution in [0.25, 0.3) is 0 Å². The quantitative estimate of drug-likeness (QED) is 0.771. The van der Waals surface area contributed by atoms with E-state index in [0.29, 0.717) is 6.42 Å². The van der Waals surface area contributed by atoms with Crippen LogP contribution < -0.4 is 5.73 Å². The highest BCUT2D eigenvalue weighted by atomic mass is 16.3. The molecule has 0 aliphatic heterocycles. The molecule has 1 atom stereocenters. The van der Waals surface area contributed by atoms with Gasteiger partial charge in [0, 0.05) is 0 Å². The number of benzene rings is 1. The Kier molecular flexibility index (Phi) is 4.50. The Labute approximate surface area is 96.3 Å². The van der Waals surface area contributed by atoms with Gasteiger partial charge in [0.2, 0.25) is 5.91 Å². The van der Waals surface area contributed by atoms with Gasteiger partial charge in [0.25, 0.3) is 0 Å². The predicted octanol–water partition coefficient (Wildman–Crippen LogP) is 1.94. The van der Waals surface area contributed by atoms with Crippen LogP contribution in [0.5, 0.6) is 0 Å². The highest BCUT2D eigenvalue weighted by Gasteiger charge is 2.30. The minimum atomic E-state index is -1.11. The lowest BCUT2D eigenvalue weighted by molar-refractivity contribution is -0.123. The Balaban J connectivity index is 2.90. The number of hydrogen-bond acceptors (Lipinski definition) is 2. The van der Waals surface area contributed by atoms with Gasteiger partial charge in [-0.2, -0.15) is 0 Å². The Morgan fingerprint density at radius 3 is 2.50 bits per heavy atom. The normalized spacial score (nSPS) is 14.4. The number of primary amides is 1. The number of carbonyl (C=O) groups is 1. The van der Waals surface area contributed by atoms with Crippen LogP contribution in [0.3, 0.4) is 0 Å². The minimum Gasteiger partial charge on any atom is -0.385 e. The second-order valence-corrected chi connectivity index (χ2v) is 4.14. The lowest BCUT2D eigenvalue weighted by Crippen LogP contribution is -2.32. The van der Waals surface area contributed by atoms with Crippen molar-refractivity contribution in [2.24, 2.45) is 5.73 Å². The van der Waals surface area contributed by atoms with Gasteiger partial charge in [-0.25, -0.2) is 0 Å². The summed E-state index contributed by atoms with van der Waals surface area (Å²) >= 11 is 0. The van der Waals surface area contributed by atoms with E-state index >= 15 is 0 Å². The van der Waals surface area contributed by atoms with Crippen molar-refractivity contribution in [1.29, 1.82) is 0 Å². The van der Waals surface area contributed by atoms with Crippen LogP contribution in [0.4, 0.5) is 0 Å². The average Bonchev–Trinajstić information content (AvgIpc) is 2.27. The summed E-state index contributed by atoms with van der Waals surface area (Å²) in [6.45, 7) is 2.05. The van der Waals surface area contributed by atoms with E-state index in [-0.39, 0.29) is 6.42 Å². The second-order valence-electron chi connectivity index (χ2n) is 4.14. The molecule has 0 aliphatic carbocycles. The highest BCUT2D eigenvalue weighted by molar-refractivity contribution is 5.75. The maximum absolute atomic E-state index is 11.0. The number of hydrogen-bond donors (Lipinski definition) is 2. The van der Waals surface area contributed by atoms with Gasteiger partial charge in [0.1, 0.15) is 0 Å². The van der Waals surface area contributed by atoms with Gasteiger partial charge in [-0.15, -0.1) is 0 Å². The molecule has 1 rings (SSSR count). The van der Waals surface area contributed by atoms with E-state index in [1.807, 2.05) is 30.3 Å². The molecule has 0 heterocycles. The molecular formula is C13H19NO2. The summed E-state index contributed by atoms with van der Waals surface area (Å²) in [5.74, 6) is -0.470. The Morgan fingerprint density at radius 1 is 1.38 bits per heavy atom. The Morgan fingerprint density at radius 2 is 2.00 bits per heavy atom. The minimum absolute atomic E-state index is 0.0169. The SMILES string of the molecule is CCCCC(O)(CC(N)=O)c1ccccc1. The molecule has 0 saturated heterocycles. The van der Waals surface area contributed by atoms with Gasteiger partial charge in [0.15, 0.2) is 0 Å². The van der Waals surface area contributed by atoms with Crippen LogP contribution in [-0.4, -0.2) is 11.0 Å². The fourth-order valence-electron chi connectivity index (χ4n) is 1.84. The molecule has 0 bridgehead atoms. The predicted molar refractivity (Wildman–Crippen MR) is 63.7 cm³/mol. The number of amides is 1. The largest absolute Gasteiger partial charge is 0.385 e. The molecule has 1 unspecified atom stereocenters. The highest BCUT2D eigenvalue weighted by Crippen LogP contribution is 2.30. The van der Waals surface area contributed by atoms with Crippen molar-refractivity contribution in [3.8, 4) is 0 Å². The maximum atomic E-state index is 11.0. The fraction of sp³-hybridized carbons (Fsp3) is 0.462. The standard InChI is InChI=1S/C13H19NO2/c1-2-3-9-13(16,10-12(14)15)11-7-5-4-6-8-11/h4-8,16H,2-3,9-10H2,1H3,(H2,14,15). The molecule has 3 N–H and O–H groups in total. The number of nitrogens with two attached hydrogens (primary N) is 1. The summed E-state index contributed by atoms with van der Waals surface area (Å²) in [6.07, 6.45) is 2.40. The van der Waals surface area contributed by atoms with E-state index in [2.05, 4.69) is 6.92 Å². The van der Waals surface area contributed by atoms with Crippen molar-refractivity contribution in [2.45, 2.75) is 38.2 Å². The first-order valence-electron chi connectivity index (χ1n) is 5.64. The van der Waals surface area contributed by atoms with E-state index in [9.17, 15) is 9.90 Å². The first kappa shape index (κ1) is 12.7. The molecule has 0 fully saturated rings. The van der Waals surface area contributed by atoms with Gasteiger partial charge in [0.05, 0.1) is 12.0 Å². The van der Waals surface area contributed by atoms with E-state index < -0.39 is 11.5 Å². The maximum Gasteiger partial charge on any atom is 0.220 e. The molecular weight excluding hydrogens is 202 g/mol. The molecule has 1 aromatic rings. The van der Waals surface area contributed by atoms with Gasteiger partial charge in [-0.3, -0.25) is 4.79 Å². The summed E-state index contributed by atoms with van der Waals surface area (Å²) in [5.41, 5.74) is 4.85. The summed E-state index contributed by atoms with van der Waals surface area (Å²) in [7, 11) is 0. The van der Waals surface area contributed by atoms with Gasteiger partial charge >= 0.3 is 0 Å². The molecule has 0 aromatic heterocycles. The van der Waals surface area contributed by atoms with Crippen molar-refractivity contribution in [3.63, 3.8) is 0 Å². The molecule has 0 saturated carbocycles. The lowest BCUT2D eigenvalue weighted by atomic mass is 9.85. The third-order valence-corrected chi connectivity index (χ3v) is 2.72. The molecule has 16 heavy (non-hydrogen) atoms. The lowest BCUT2D eigenvalue weighted by Gasteiger charge is -2.27. The molecule has 88 valence electrons. The number of rotatable bonds is 6. The van der Waals surface area contributed by atoms with Gasteiger partial charge in [-0.1, -0.05) is 50.1 Å². The molecule has 0 spiro atoms. The summed E-state index contributed by atoms with van der Waals surface area (Å²) in [5, 5.41) is 10.5. The zero-order chi connectivity index (χ0) is 12.0. The van der Waals surface area contributed by atoms with Crippen molar-refractivity contribution in [1.82, 2.24) is 0 Å². The first-order valence-corrected chi connectivity index (χ1v) is 5.64. The topological polar surface area (TPSA) is 63.3 Å². The van der Waals surface area contributed by atoms with Crippen LogP contribution in [0, 0.1) is 0 Å². The molecule has 1 aromatic carbocycles. The van der Waals surface area contributed by atoms with E-state index in [1.165, 1.54) is 0 Å². The molecule has 1 amide bonds. The molecule has 3 nitrogen and oxygen atoms in total. The zero-order valence-corrected chi connectivity index (χ0v) is 9.65. The molecule has 0 radical (unpaired) electrons. The van der Waals surface area contributed by atoms with Gasteiger partial charge < -0.3 is 10.8 Å². The summed E-state index contributed by atoms with van der Waals surface area (Å²) in [4.78, 5) is 11.0.